The molecule has 0 aromatic heterocycles. The highest BCUT2D eigenvalue weighted by molar-refractivity contribution is 5.37. The van der Waals surface area contributed by atoms with Crippen molar-refractivity contribution in [1.82, 2.24) is 0 Å². The molecule has 0 aromatic rings. The highest BCUT2D eigenvalue weighted by atomic mass is 14.0. The second-order valence-electron chi connectivity index (χ2n) is 7.92. The van der Waals surface area contributed by atoms with E-state index >= 15 is 0 Å². The molecule has 150 valence electrons. The molecule has 0 heterocycles. The van der Waals surface area contributed by atoms with Crippen molar-refractivity contribution in [2.45, 2.75) is 68.2 Å². The van der Waals surface area contributed by atoms with Crippen molar-refractivity contribution in [2.75, 3.05) is 0 Å². The van der Waals surface area contributed by atoms with Crippen LogP contribution in [-0.2, 0) is 0 Å². The van der Waals surface area contributed by atoms with Crippen LogP contribution in [0, 0.1) is 0 Å². The van der Waals surface area contributed by atoms with Gasteiger partial charge < -0.3 is 0 Å². The quantitative estimate of drug-likeness (QED) is 0.397. The summed E-state index contributed by atoms with van der Waals surface area (Å²) < 4.78 is 0. The Balaban J connectivity index is 3.28. The summed E-state index contributed by atoms with van der Waals surface area (Å²) in [5.74, 6) is 0. The molecule has 0 saturated carbocycles. The van der Waals surface area contributed by atoms with Crippen LogP contribution in [0.2, 0.25) is 0 Å². The SMILES string of the molecule is CC1=C(C)/C=C/C\C(C)=C(C)/C=C/C=C(C)/C(C)=C/C=C/C(C)=C(/C)CC=C1. The fraction of sp³-hybridized carbons (Fsp3) is 0.357. The van der Waals surface area contributed by atoms with E-state index < -0.39 is 0 Å². The molecule has 0 amide bonds. The molecule has 0 unspecified atom stereocenters. The minimum Gasteiger partial charge on any atom is -0.0802 e. The molecule has 28 heavy (non-hydrogen) atoms. The van der Waals surface area contributed by atoms with Gasteiger partial charge in [-0.1, -0.05) is 83.1 Å². The van der Waals surface area contributed by atoms with E-state index in [0.717, 1.165) is 12.8 Å². The van der Waals surface area contributed by atoms with E-state index in [1.54, 1.807) is 0 Å². The molecular formula is C28H38. The number of allylic oxidation sites excluding steroid dienone is 18. The van der Waals surface area contributed by atoms with E-state index in [-0.39, 0.29) is 0 Å². The standard InChI is InChI=1S/C28H38/c1-21-13-9-15-23(3)25(5)17-11-19-27(7)28(8)20-12-18-26(6)24(4)16-10-14-22(21)2/h9-16,19-20H,17-18H2,1-8H3/b15-9+,16-10+,19-11+,20-12?,21-13+,22-14+,25-23-,26-24-,28-27?. The Bertz CT molecular complexity index is 751. The van der Waals surface area contributed by atoms with Gasteiger partial charge in [0.15, 0.2) is 0 Å². The first-order valence-electron chi connectivity index (χ1n) is 10.3. The zero-order valence-electron chi connectivity index (χ0n) is 19.2. The zero-order chi connectivity index (χ0) is 21.1. The molecule has 0 N–H and O–H groups in total. The maximum Gasteiger partial charge on any atom is -0.0133 e. The molecule has 0 spiro atoms. The lowest BCUT2D eigenvalue weighted by Gasteiger charge is -2.03. The van der Waals surface area contributed by atoms with Crippen LogP contribution >= 0.6 is 0 Å². The van der Waals surface area contributed by atoms with Gasteiger partial charge in [0.25, 0.3) is 0 Å². The minimum absolute atomic E-state index is 0.984. The third-order valence-electron chi connectivity index (χ3n) is 5.56. The molecule has 1 aliphatic rings. The maximum atomic E-state index is 2.27. The Morgan fingerprint density at radius 3 is 1.18 bits per heavy atom. The van der Waals surface area contributed by atoms with Crippen molar-refractivity contribution < 1.29 is 0 Å². The largest absolute Gasteiger partial charge is 0.0802 e. The number of hydrogen-bond acceptors (Lipinski definition) is 0. The molecule has 0 fully saturated rings. The predicted molar refractivity (Wildman–Crippen MR) is 128 cm³/mol. The lowest BCUT2D eigenvalue weighted by atomic mass is 10.0. The third kappa shape index (κ3) is 8.57. The van der Waals surface area contributed by atoms with E-state index in [9.17, 15) is 0 Å². The van der Waals surface area contributed by atoms with Gasteiger partial charge in [-0.05, 0) is 90.5 Å². The predicted octanol–water partition coefficient (Wildman–Crippen LogP) is 8.91. The first-order chi connectivity index (χ1) is 13.2. The van der Waals surface area contributed by atoms with Gasteiger partial charge in [0.05, 0.1) is 0 Å². The van der Waals surface area contributed by atoms with Crippen molar-refractivity contribution in [3.05, 3.63) is 105 Å². The van der Waals surface area contributed by atoms with Gasteiger partial charge in [0.2, 0.25) is 0 Å². The molecule has 0 aromatic carbocycles. The monoisotopic (exact) mass is 374 g/mol. The second-order valence-corrected chi connectivity index (χ2v) is 7.92. The molecular weight excluding hydrogens is 336 g/mol. The van der Waals surface area contributed by atoms with E-state index in [4.69, 9.17) is 0 Å². The lowest BCUT2D eigenvalue weighted by molar-refractivity contribution is 1.15. The minimum atomic E-state index is 0.984. The summed E-state index contributed by atoms with van der Waals surface area (Å²) in [5, 5.41) is 0. The number of rotatable bonds is 0. The summed E-state index contributed by atoms with van der Waals surface area (Å²) in [5.41, 5.74) is 10.7. The fourth-order valence-corrected chi connectivity index (χ4v) is 2.63. The van der Waals surface area contributed by atoms with Crippen LogP contribution in [0.4, 0.5) is 0 Å². The van der Waals surface area contributed by atoms with Crippen molar-refractivity contribution in [3.8, 4) is 0 Å². The molecule has 0 nitrogen and oxygen atoms in total. The van der Waals surface area contributed by atoms with Gasteiger partial charge in [-0.3, -0.25) is 0 Å². The van der Waals surface area contributed by atoms with Gasteiger partial charge in [-0.15, -0.1) is 0 Å². The number of hydrogen-bond donors (Lipinski definition) is 0. The summed E-state index contributed by atoms with van der Waals surface area (Å²) in [7, 11) is 0. The lowest BCUT2D eigenvalue weighted by Crippen LogP contribution is -1.83. The van der Waals surface area contributed by atoms with Gasteiger partial charge in [0, 0.05) is 0 Å². The van der Waals surface area contributed by atoms with Crippen LogP contribution in [0.5, 0.6) is 0 Å². The van der Waals surface area contributed by atoms with E-state index in [0.29, 0.717) is 0 Å². The smallest absolute Gasteiger partial charge is 0.0133 e. The molecule has 0 heteroatoms. The Hall–Kier alpha value is -2.34. The summed E-state index contributed by atoms with van der Waals surface area (Å²) in [6, 6.07) is 0. The topological polar surface area (TPSA) is 0 Å². The van der Waals surface area contributed by atoms with Gasteiger partial charge in [-0.2, -0.15) is 0 Å². The average Bonchev–Trinajstić information content (AvgIpc) is 2.66. The molecule has 0 aliphatic heterocycles. The van der Waals surface area contributed by atoms with Crippen LogP contribution in [-0.4, -0.2) is 0 Å². The Labute approximate surface area is 173 Å². The van der Waals surface area contributed by atoms with Crippen LogP contribution in [0.3, 0.4) is 0 Å². The first-order valence-corrected chi connectivity index (χ1v) is 10.3. The molecule has 0 atom stereocenters. The van der Waals surface area contributed by atoms with Crippen LogP contribution in [0.25, 0.3) is 0 Å². The van der Waals surface area contributed by atoms with Gasteiger partial charge >= 0.3 is 0 Å². The molecule has 1 rings (SSSR count). The highest BCUT2D eigenvalue weighted by Gasteiger charge is 1.95. The van der Waals surface area contributed by atoms with Gasteiger partial charge in [0.1, 0.15) is 0 Å². The van der Waals surface area contributed by atoms with Crippen molar-refractivity contribution in [1.29, 1.82) is 0 Å². The van der Waals surface area contributed by atoms with Crippen LogP contribution in [0.1, 0.15) is 68.2 Å². The normalized spacial score (nSPS) is 30.9. The Morgan fingerprint density at radius 1 is 0.464 bits per heavy atom. The van der Waals surface area contributed by atoms with E-state index in [1.165, 1.54) is 44.6 Å². The van der Waals surface area contributed by atoms with Crippen LogP contribution < -0.4 is 0 Å². The van der Waals surface area contributed by atoms with E-state index in [2.05, 4.69) is 116 Å². The Kier molecular flexibility index (Phi) is 10.3. The fourth-order valence-electron chi connectivity index (χ4n) is 2.63. The first kappa shape index (κ1) is 23.7. The third-order valence-corrected chi connectivity index (χ3v) is 5.56. The molecule has 0 bridgehead atoms. The maximum absolute atomic E-state index is 2.27. The summed E-state index contributed by atoms with van der Waals surface area (Å²) in [6.45, 7) is 17.5. The summed E-state index contributed by atoms with van der Waals surface area (Å²) >= 11 is 0. The Morgan fingerprint density at radius 2 is 0.821 bits per heavy atom. The zero-order valence-corrected chi connectivity index (χ0v) is 19.2. The van der Waals surface area contributed by atoms with Crippen LogP contribution in [0.15, 0.2) is 105 Å². The van der Waals surface area contributed by atoms with Crippen molar-refractivity contribution in [2.24, 2.45) is 0 Å². The molecule has 0 saturated heterocycles. The summed E-state index contributed by atoms with van der Waals surface area (Å²) in [6.07, 6.45) is 24.1. The highest BCUT2D eigenvalue weighted by Crippen LogP contribution is 2.16. The molecule has 1 aliphatic carbocycles. The van der Waals surface area contributed by atoms with E-state index in [1.807, 2.05) is 0 Å². The second kappa shape index (κ2) is 12.2. The van der Waals surface area contributed by atoms with Crippen molar-refractivity contribution >= 4 is 0 Å². The average molecular weight is 375 g/mol. The van der Waals surface area contributed by atoms with Gasteiger partial charge in [-0.25, -0.2) is 0 Å². The van der Waals surface area contributed by atoms with Crippen molar-refractivity contribution in [3.63, 3.8) is 0 Å². The molecule has 0 radical (unpaired) electrons. The summed E-state index contributed by atoms with van der Waals surface area (Å²) in [4.78, 5) is 0.